The summed E-state index contributed by atoms with van der Waals surface area (Å²) >= 11 is 0. The molecule has 0 saturated carbocycles. The Hall–Kier alpha value is -1.09. The first kappa shape index (κ1) is 16.0. The molecule has 0 amide bonds. The second kappa shape index (κ2) is 6.90. The zero-order valence-electron chi connectivity index (χ0n) is 12.7. The van der Waals surface area contributed by atoms with Gasteiger partial charge in [0.15, 0.2) is 0 Å². The third kappa shape index (κ3) is 4.50. The number of hydrogen-bond donors (Lipinski definition) is 1. The van der Waals surface area contributed by atoms with E-state index in [0.29, 0.717) is 17.4 Å². The number of rotatable bonds is 6. The number of nitrogens with zero attached hydrogens (tertiary/aromatic N) is 1. The Kier molecular flexibility index (Phi) is 5.80. The monoisotopic (exact) mass is 267 g/mol. The van der Waals surface area contributed by atoms with Crippen molar-refractivity contribution in [2.45, 2.75) is 40.7 Å². The van der Waals surface area contributed by atoms with Gasteiger partial charge in [0, 0.05) is 24.3 Å². The van der Waals surface area contributed by atoms with Crippen molar-refractivity contribution in [3.05, 3.63) is 29.6 Å². The Labute approximate surface area is 116 Å². The zero-order valence-corrected chi connectivity index (χ0v) is 12.7. The predicted molar refractivity (Wildman–Crippen MR) is 78.9 cm³/mol. The van der Waals surface area contributed by atoms with E-state index in [-0.39, 0.29) is 5.82 Å². The highest BCUT2D eigenvalue weighted by Gasteiger charge is 2.19. The van der Waals surface area contributed by atoms with E-state index in [0.717, 1.165) is 18.8 Å². The highest BCUT2D eigenvalue weighted by Crippen LogP contribution is 2.30. The largest absolute Gasteiger partial charge is 0.389 e. The lowest BCUT2D eigenvalue weighted by molar-refractivity contribution is 0.194. The molecule has 0 spiro atoms. The van der Waals surface area contributed by atoms with Crippen LogP contribution in [0.2, 0.25) is 0 Å². The molecule has 1 aromatic carbocycles. The lowest BCUT2D eigenvalue weighted by Gasteiger charge is -2.31. The summed E-state index contributed by atoms with van der Waals surface area (Å²) in [6.45, 7) is 11.9. The van der Waals surface area contributed by atoms with E-state index in [2.05, 4.69) is 32.6 Å². The van der Waals surface area contributed by atoms with Crippen molar-refractivity contribution in [1.82, 2.24) is 0 Å². The fourth-order valence-corrected chi connectivity index (χ4v) is 2.37. The van der Waals surface area contributed by atoms with Crippen molar-refractivity contribution in [3.8, 4) is 0 Å². The van der Waals surface area contributed by atoms with E-state index in [1.807, 2.05) is 6.07 Å². The van der Waals surface area contributed by atoms with Crippen molar-refractivity contribution >= 4 is 5.69 Å². The highest BCUT2D eigenvalue weighted by molar-refractivity contribution is 5.55. The summed E-state index contributed by atoms with van der Waals surface area (Å²) in [4.78, 5) is 2.18. The van der Waals surface area contributed by atoms with Gasteiger partial charge < -0.3 is 10.0 Å². The first-order valence-electron chi connectivity index (χ1n) is 7.04. The van der Waals surface area contributed by atoms with Gasteiger partial charge in [-0.15, -0.1) is 0 Å². The molecule has 1 N–H and O–H groups in total. The summed E-state index contributed by atoms with van der Waals surface area (Å²) in [5.41, 5.74) is 1.22. The zero-order chi connectivity index (χ0) is 14.6. The minimum absolute atomic E-state index is 0.329. The number of hydrogen-bond acceptors (Lipinski definition) is 2. The van der Waals surface area contributed by atoms with E-state index in [4.69, 9.17) is 0 Å². The summed E-state index contributed by atoms with van der Waals surface area (Å²) < 4.78 is 13.9. The van der Waals surface area contributed by atoms with Gasteiger partial charge in [-0.2, -0.15) is 0 Å². The molecular weight excluding hydrogens is 241 g/mol. The fraction of sp³-hybridized carbons (Fsp3) is 0.625. The van der Waals surface area contributed by atoms with Gasteiger partial charge in [0.1, 0.15) is 5.82 Å². The van der Waals surface area contributed by atoms with Crippen LogP contribution in [-0.2, 0) is 0 Å². The fourth-order valence-electron chi connectivity index (χ4n) is 2.37. The smallest absolute Gasteiger partial charge is 0.131 e. The van der Waals surface area contributed by atoms with Gasteiger partial charge in [-0.1, -0.05) is 33.8 Å². The third-order valence-corrected chi connectivity index (χ3v) is 2.96. The molecule has 0 aliphatic carbocycles. The topological polar surface area (TPSA) is 23.5 Å². The van der Waals surface area contributed by atoms with Crippen molar-refractivity contribution in [2.24, 2.45) is 11.8 Å². The molecule has 0 aliphatic rings. The molecule has 0 aliphatic heterocycles. The van der Waals surface area contributed by atoms with Crippen LogP contribution in [0.5, 0.6) is 0 Å². The maximum Gasteiger partial charge on any atom is 0.131 e. The molecule has 0 fully saturated rings. The minimum atomic E-state index is -0.793. The molecule has 108 valence electrons. The van der Waals surface area contributed by atoms with E-state index >= 15 is 0 Å². The minimum Gasteiger partial charge on any atom is -0.389 e. The Morgan fingerprint density at radius 1 is 1.05 bits per heavy atom. The van der Waals surface area contributed by atoms with Crippen LogP contribution < -0.4 is 4.90 Å². The SMILES string of the molecule is CC(C)CN(CC(C)C)c1cccc(F)c1C(C)O. The third-order valence-electron chi connectivity index (χ3n) is 2.96. The summed E-state index contributed by atoms with van der Waals surface area (Å²) in [6, 6.07) is 5.02. The van der Waals surface area contributed by atoms with Crippen LogP contribution in [0, 0.1) is 17.7 Å². The Bertz CT molecular complexity index is 392. The van der Waals surface area contributed by atoms with Crippen LogP contribution in [0.4, 0.5) is 10.1 Å². The first-order chi connectivity index (χ1) is 8.82. The van der Waals surface area contributed by atoms with Gasteiger partial charge in [-0.25, -0.2) is 4.39 Å². The van der Waals surface area contributed by atoms with Crippen LogP contribution in [0.25, 0.3) is 0 Å². The maximum atomic E-state index is 13.9. The van der Waals surface area contributed by atoms with E-state index in [1.54, 1.807) is 13.0 Å². The molecule has 0 radical (unpaired) electrons. The summed E-state index contributed by atoms with van der Waals surface area (Å²) in [5.74, 6) is 0.651. The van der Waals surface area contributed by atoms with Gasteiger partial charge in [0.05, 0.1) is 6.10 Å². The molecule has 19 heavy (non-hydrogen) atoms. The number of halogens is 1. The first-order valence-corrected chi connectivity index (χ1v) is 7.04. The molecule has 1 rings (SSSR count). The number of aliphatic hydroxyl groups excluding tert-OH is 1. The van der Waals surface area contributed by atoms with Crippen LogP contribution >= 0.6 is 0 Å². The van der Waals surface area contributed by atoms with Crippen LogP contribution in [0.15, 0.2) is 18.2 Å². The van der Waals surface area contributed by atoms with Gasteiger partial charge in [0.2, 0.25) is 0 Å². The van der Waals surface area contributed by atoms with Crippen LogP contribution in [0.1, 0.15) is 46.3 Å². The van der Waals surface area contributed by atoms with Crippen molar-refractivity contribution in [3.63, 3.8) is 0 Å². The Balaban J connectivity index is 3.17. The molecule has 3 heteroatoms. The molecular formula is C16H26FNO. The second-order valence-electron chi connectivity index (χ2n) is 6.04. The molecule has 0 bridgehead atoms. The molecule has 0 heterocycles. The van der Waals surface area contributed by atoms with Crippen molar-refractivity contribution in [1.29, 1.82) is 0 Å². The van der Waals surface area contributed by atoms with Gasteiger partial charge in [0.25, 0.3) is 0 Å². The summed E-state index contributed by atoms with van der Waals surface area (Å²) in [7, 11) is 0. The molecule has 0 aromatic heterocycles. The summed E-state index contributed by atoms with van der Waals surface area (Å²) in [6.07, 6.45) is -0.793. The van der Waals surface area contributed by atoms with Crippen LogP contribution in [-0.4, -0.2) is 18.2 Å². The standard InChI is InChI=1S/C16H26FNO/c1-11(2)9-18(10-12(3)4)15-8-6-7-14(17)16(15)13(5)19/h6-8,11-13,19H,9-10H2,1-5H3. The van der Waals surface area contributed by atoms with Crippen LogP contribution in [0.3, 0.4) is 0 Å². The molecule has 0 saturated heterocycles. The number of benzene rings is 1. The van der Waals surface area contributed by atoms with Gasteiger partial charge in [-0.3, -0.25) is 0 Å². The lowest BCUT2D eigenvalue weighted by Crippen LogP contribution is -2.32. The van der Waals surface area contributed by atoms with Gasteiger partial charge in [-0.05, 0) is 30.9 Å². The molecule has 1 unspecified atom stereocenters. The normalized spacial score (nSPS) is 13.1. The van der Waals surface area contributed by atoms with E-state index in [1.165, 1.54) is 6.07 Å². The highest BCUT2D eigenvalue weighted by atomic mass is 19.1. The Morgan fingerprint density at radius 2 is 1.58 bits per heavy atom. The molecule has 1 atom stereocenters. The van der Waals surface area contributed by atoms with E-state index in [9.17, 15) is 9.50 Å². The Morgan fingerprint density at radius 3 is 2.00 bits per heavy atom. The number of anilines is 1. The maximum absolute atomic E-state index is 13.9. The quantitative estimate of drug-likeness (QED) is 0.842. The van der Waals surface area contributed by atoms with Crippen molar-refractivity contribution in [2.75, 3.05) is 18.0 Å². The lowest BCUT2D eigenvalue weighted by atomic mass is 10.0. The average molecular weight is 267 g/mol. The molecule has 1 aromatic rings. The predicted octanol–water partition coefficient (Wildman–Crippen LogP) is 4.00. The summed E-state index contributed by atoms with van der Waals surface area (Å²) in [5, 5.41) is 9.84. The second-order valence-corrected chi connectivity index (χ2v) is 6.04. The van der Waals surface area contributed by atoms with Crippen molar-refractivity contribution < 1.29 is 9.50 Å². The molecule has 2 nitrogen and oxygen atoms in total. The average Bonchev–Trinajstić information content (AvgIpc) is 2.25. The number of aliphatic hydroxyl groups is 1. The van der Waals surface area contributed by atoms with Gasteiger partial charge >= 0.3 is 0 Å². The van der Waals surface area contributed by atoms with E-state index < -0.39 is 6.10 Å².